The molecule has 2 aliphatic heterocycles. The van der Waals surface area contributed by atoms with Gasteiger partial charge in [0.15, 0.2) is 0 Å². The average molecular weight is 240 g/mol. The van der Waals surface area contributed by atoms with Gasteiger partial charge in [-0.3, -0.25) is 4.79 Å². The molecule has 0 bridgehead atoms. The van der Waals surface area contributed by atoms with Gasteiger partial charge < -0.3 is 15.4 Å². The van der Waals surface area contributed by atoms with Gasteiger partial charge in [0, 0.05) is 12.6 Å². The molecule has 4 nitrogen and oxygen atoms in total. The van der Waals surface area contributed by atoms with E-state index in [9.17, 15) is 4.79 Å². The maximum absolute atomic E-state index is 12.3. The highest BCUT2D eigenvalue weighted by Crippen LogP contribution is 2.32. The quantitative estimate of drug-likeness (QED) is 0.754. The monoisotopic (exact) mass is 240 g/mol. The first-order valence-corrected chi connectivity index (χ1v) is 6.76. The first-order chi connectivity index (χ1) is 8.09. The third-order valence-corrected chi connectivity index (χ3v) is 4.19. The van der Waals surface area contributed by atoms with Crippen LogP contribution < -0.4 is 10.6 Å². The van der Waals surface area contributed by atoms with E-state index in [0.717, 1.165) is 25.9 Å². The van der Waals surface area contributed by atoms with E-state index < -0.39 is 0 Å². The number of ether oxygens (including phenoxy) is 1. The van der Waals surface area contributed by atoms with Crippen LogP contribution >= 0.6 is 0 Å². The van der Waals surface area contributed by atoms with Crippen LogP contribution in [0.15, 0.2) is 0 Å². The fraction of sp³-hybridized carbons (Fsp3) is 0.923. The molecule has 0 aromatic heterocycles. The van der Waals surface area contributed by atoms with E-state index >= 15 is 0 Å². The maximum Gasteiger partial charge on any atom is 0.226 e. The number of hydrogen-bond donors (Lipinski definition) is 2. The average Bonchev–Trinajstić information content (AvgIpc) is 2.54. The first kappa shape index (κ1) is 12.8. The van der Waals surface area contributed by atoms with Crippen LogP contribution in [0.3, 0.4) is 0 Å². The Morgan fingerprint density at radius 2 is 2.06 bits per heavy atom. The van der Waals surface area contributed by atoms with E-state index in [1.165, 1.54) is 0 Å². The number of amides is 1. The molecule has 2 aliphatic rings. The fourth-order valence-electron chi connectivity index (χ4n) is 2.99. The summed E-state index contributed by atoms with van der Waals surface area (Å²) in [6, 6.07) is 0.298. The van der Waals surface area contributed by atoms with Gasteiger partial charge in [0.1, 0.15) is 0 Å². The maximum atomic E-state index is 12.3. The number of carbonyl (C=O) groups is 1. The van der Waals surface area contributed by atoms with E-state index in [0.29, 0.717) is 12.0 Å². The topological polar surface area (TPSA) is 50.4 Å². The molecule has 0 radical (unpaired) electrons. The number of rotatable bonds is 2. The van der Waals surface area contributed by atoms with Crippen LogP contribution in [0.4, 0.5) is 0 Å². The van der Waals surface area contributed by atoms with E-state index in [1.807, 2.05) is 6.92 Å². The second kappa shape index (κ2) is 5.36. The van der Waals surface area contributed by atoms with Gasteiger partial charge in [-0.15, -0.1) is 0 Å². The normalized spacial score (nSPS) is 42.4. The Morgan fingerprint density at radius 3 is 2.59 bits per heavy atom. The molecule has 4 heteroatoms. The smallest absolute Gasteiger partial charge is 0.226 e. The number of hydrogen-bond acceptors (Lipinski definition) is 3. The summed E-state index contributed by atoms with van der Waals surface area (Å²) in [6.07, 6.45) is 2.46. The van der Waals surface area contributed by atoms with Crippen molar-refractivity contribution in [1.82, 2.24) is 10.6 Å². The van der Waals surface area contributed by atoms with Crippen LogP contribution in [0.2, 0.25) is 0 Å². The zero-order valence-electron chi connectivity index (χ0n) is 11.0. The van der Waals surface area contributed by atoms with Crippen molar-refractivity contribution in [3.05, 3.63) is 0 Å². The molecule has 2 fully saturated rings. The van der Waals surface area contributed by atoms with Crippen LogP contribution in [0.1, 0.15) is 33.6 Å². The molecular weight excluding hydrogens is 216 g/mol. The van der Waals surface area contributed by atoms with Crippen molar-refractivity contribution in [2.75, 3.05) is 13.1 Å². The third kappa shape index (κ3) is 2.80. The van der Waals surface area contributed by atoms with Crippen LogP contribution in [0.25, 0.3) is 0 Å². The summed E-state index contributed by atoms with van der Waals surface area (Å²) < 4.78 is 5.72. The van der Waals surface area contributed by atoms with Gasteiger partial charge >= 0.3 is 0 Å². The predicted molar refractivity (Wildman–Crippen MR) is 66.7 cm³/mol. The van der Waals surface area contributed by atoms with Gasteiger partial charge in [-0.1, -0.05) is 6.92 Å². The van der Waals surface area contributed by atoms with Crippen LogP contribution in [0.5, 0.6) is 0 Å². The summed E-state index contributed by atoms with van der Waals surface area (Å²) in [4.78, 5) is 12.3. The lowest BCUT2D eigenvalue weighted by Crippen LogP contribution is -2.49. The highest BCUT2D eigenvalue weighted by molar-refractivity contribution is 5.80. The summed E-state index contributed by atoms with van der Waals surface area (Å²) in [5.74, 6) is 0.483. The molecular formula is C13H24N2O2. The van der Waals surface area contributed by atoms with E-state index in [-0.39, 0.29) is 24.0 Å². The van der Waals surface area contributed by atoms with E-state index in [2.05, 4.69) is 24.5 Å². The molecule has 1 amide bonds. The molecule has 98 valence electrons. The highest BCUT2D eigenvalue weighted by Gasteiger charge is 2.41. The molecule has 0 aliphatic carbocycles. The Hall–Kier alpha value is -0.610. The van der Waals surface area contributed by atoms with Gasteiger partial charge in [-0.25, -0.2) is 0 Å². The van der Waals surface area contributed by atoms with Gasteiger partial charge in [0.2, 0.25) is 5.91 Å². The molecule has 0 aromatic rings. The Labute approximate surface area is 103 Å². The highest BCUT2D eigenvalue weighted by atomic mass is 16.5. The molecule has 0 aromatic carbocycles. The minimum Gasteiger partial charge on any atom is -0.374 e. The molecule has 17 heavy (non-hydrogen) atoms. The SMILES string of the molecule is CC1OC(C)C(C(=O)N[C@H]2CCCNC2)C1C. The van der Waals surface area contributed by atoms with Gasteiger partial charge in [0.05, 0.1) is 18.1 Å². The second-order valence-electron chi connectivity index (χ2n) is 5.48. The van der Waals surface area contributed by atoms with Crippen molar-refractivity contribution < 1.29 is 9.53 Å². The predicted octanol–water partition coefficient (Wildman–Crippen LogP) is 0.914. The molecule has 2 N–H and O–H groups in total. The first-order valence-electron chi connectivity index (χ1n) is 6.76. The Morgan fingerprint density at radius 1 is 1.29 bits per heavy atom. The van der Waals surface area contributed by atoms with Crippen molar-refractivity contribution in [3.8, 4) is 0 Å². The zero-order valence-corrected chi connectivity index (χ0v) is 11.0. The zero-order chi connectivity index (χ0) is 12.4. The van der Waals surface area contributed by atoms with Crippen LogP contribution in [-0.2, 0) is 9.53 Å². The number of carbonyl (C=O) groups excluding carboxylic acids is 1. The van der Waals surface area contributed by atoms with Crippen molar-refractivity contribution in [1.29, 1.82) is 0 Å². The Kier molecular flexibility index (Phi) is 4.05. The van der Waals surface area contributed by atoms with Crippen molar-refractivity contribution in [3.63, 3.8) is 0 Å². The Balaban J connectivity index is 1.90. The molecule has 4 unspecified atom stereocenters. The van der Waals surface area contributed by atoms with Crippen molar-refractivity contribution >= 4 is 5.91 Å². The molecule has 2 heterocycles. The van der Waals surface area contributed by atoms with Gasteiger partial charge in [-0.05, 0) is 39.2 Å². The minimum atomic E-state index is 0.00641. The van der Waals surface area contributed by atoms with Crippen molar-refractivity contribution in [2.45, 2.75) is 51.9 Å². The second-order valence-corrected chi connectivity index (χ2v) is 5.48. The summed E-state index contributed by atoms with van der Waals surface area (Å²) in [5.41, 5.74) is 0. The largest absolute Gasteiger partial charge is 0.374 e. The van der Waals surface area contributed by atoms with E-state index in [4.69, 9.17) is 4.74 Å². The lowest BCUT2D eigenvalue weighted by atomic mass is 9.88. The lowest BCUT2D eigenvalue weighted by molar-refractivity contribution is -0.128. The summed E-state index contributed by atoms with van der Waals surface area (Å²) in [6.45, 7) is 8.14. The lowest BCUT2D eigenvalue weighted by Gasteiger charge is -2.27. The standard InChI is InChI=1S/C13H24N2O2/c1-8-9(2)17-10(3)12(8)13(16)15-11-5-4-6-14-7-11/h8-12,14H,4-7H2,1-3H3,(H,15,16)/t8?,9?,10?,11-,12?/m0/s1. The van der Waals surface area contributed by atoms with Crippen LogP contribution in [0, 0.1) is 11.8 Å². The summed E-state index contributed by atoms with van der Waals surface area (Å²) >= 11 is 0. The third-order valence-electron chi connectivity index (χ3n) is 4.19. The molecule has 2 saturated heterocycles. The molecule has 0 spiro atoms. The Bertz CT molecular complexity index is 277. The van der Waals surface area contributed by atoms with Gasteiger partial charge in [0.25, 0.3) is 0 Å². The summed E-state index contributed by atoms with van der Waals surface area (Å²) in [5, 5.41) is 6.48. The van der Waals surface area contributed by atoms with E-state index in [1.54, 1.807) is 0 Å². The fourth-order valence-corrected chi connectivity index (χ4v) is 2.99. The number of piperidine rings is 1. The van der Waals surface area contributed by atoms with Crippen LogP contribution in [-0.4, -0.2) is 37.2 Å². The molecule has 5 atom stereocenters. The summed E-state index contributed by atoms with van der Waals surface area (Å²) in [7, 11) is 0. The minimum absolute atomic E-state index is 0.00641. The molecule has 0 saturated carbocycles. The molecule has 2 rings (SSSR count). The van der Waals surface area contributed by atoms with Crippen molar-refractivity contribution in [2.24, 2.45) is 11.8 Å². The number of nitrogens with one attached hydrogen (secondary N) is 2. The van der Waals surface area contributed by atoms with Gasteiger partial charge in [-0.2, -0.15) is 0 Å².